The molecule has 0 aliphatic carbocycles. The number of aromatic amines is 1. The third kappa shape index (κ3) is 3.47. The quantitative estimate of drug-likeness (QED) is 0.323. The summed E-state index contributed by atoms with van der Waals surface area (Å²) in [5, 5.41) is 1.51. The predicted octanol–water partition coefficient (Wildman–Crippen LogP) is 7.39. The second kappa shape index (κ2) is 7.41. The maximum absolute atomic E-state index is 13.3. The van der Waals surface area contributed by atoms with E-state index in [1.807, 2.05) is 61.5 Å². The van der Waals surface area contributed by atoms with Gasteiger partial charge in [0.05, 0.1) is 18.4 Å². The van der Waals surface area contributed by atoms with E-state index >= 15 is 0 Å². The molecule has 0 saturated carbocycles. The van der Waals surface area contributed by atoms with Gasteiger partial charge in [0, 0.05) is 21.9 Å². The molecule has 0 atom stereocenters. The summed E-state index contributed by atoms with van der Waals surface area (Å²) in [5.41, 5.74) is 4.87. The van der Waals surface area contributed by atoms with Crippen LogP contribution in [-0.4, -0.2) is 17.1 Å². The number of halogens is 3. The van der Waals surface area contributed by atoms with Crippen molar-refractivity contribution in [3.05, 3.63) is 83.9 Å². The molecular formula is C26H19F3N2O. The molecule has 5 aromatic rings. The molecule has 0 radical (unpaired) electrons. The Morgan fingerprint density at radius 3 is 2.19 bits per heavy atom. The summed E-state index contributed by atoms with van der Waals surface area (Å²) < 4.78 is 45.0. The summed E-state index contributed by atoms with van der Waals surface area (Å²) in [6, 6.07) is 21.4. The Hall–Kier alpha value is -3.80. The van der Waals surface area contributed by atoms with E-state index in [2.05, 4.69) is 4.98 Å². The van der Waals surface area contributed by atoms with Crippen LogP contribution in [0, 0.1) is 6.92 Å². The molecule has 3 nitrogen and oxygen atoms in total. The molecule has 0 amide bonds. The lowest BCUT2D eigenvalue weighted by atomic mass is 9.97. The lowest BCUT2D eigenvalue weighted by Crippen LogP contribution is -2.03. The average molecular weight is 432 g/mol. The van der Waals surface area contributed by atoms with Gasteiger partial charge in [-0.1, -0.05) is 35.9 Å². The van der Waals surface area contributed by atoms with Crippen LogP contribution in [-0.2, 0) is 6.18 Å². The van der Waals surface area contributed by atoms with Crippen molar-refractivity contribution in [3.8, 4) is 28.1 Å². The van der Waals surface area contributed by atoms with Gasteiger partial charge in [-0.25, -0.2) is 4.98 Å². The van der Waals surface area contributed by atoms with E-state index in [9.17, 15) is 13.2 Å². The van der Waals surface area contributed by atoms with Crippen LogP contribution in [0.1, 0.15) is 11.1 Å². The van der Waals surface area contributed by atoms with Crippen molar-refractivity contribution in [2.75, 3.05) is 7.11 Å². The minimum atomic E-state index is -4.41. The van der Waals surface area contributed by atoms with Crippen LogP contribution in [0.5, 0.6) is 5.75 Å². The number of pyridine rings is 1. The fourth-order valence-electron chi connectivity index (χ4n) is 3.95. The van der Waals surface area contributed by atoms with Crippen molar-refractivity contribution < 1.29 is 17.9 Å². The molecule has 3 aromatic carbocycles. The topological polar surface area (TPSA) is 37.9 Å². The Labute approximate surface area is 182 Å². The van der Waals surface area contributed by atoms with Crippen molar-refractivity contribution in [3.63, 3.8) is 0 Å². The number of methoxy groups -OCH3 is 1. The summed E-state index contributed by atoms with van der Waals surface area (Å²) in [5.74, 6) is 0.735. The molecule has 0 aliphatic rings. The van der Waals surface area contributed by atoms with Crippen LogP contribution in [0.25, 0.3) is 44.3 Å². The van der Waals surface area contributed by atoms with Crippen LogP contribution < -0.4 is 4.74 Å². The molecule has 0 aliphatic heterocycles. The number of hydrogen-bond acceptors (Lipinski definition) is 2. The zero-order valence-corrected chi connectivity index (χ0v) is 17.4. The van der Waals surface area contributed by atoms with Gasteiger partial charge in [-0.05, 0) is 60.5 Å². The number of fused-ring (bicyclic) bond motifs is 3. The maximum atomic E-state index is 13.3. The number of ether oxygens (including phenoxy) is 1. The number of alkyl halides is 3. The Kier molecular flexibility index (Phi) is 4.66. The number of nitrogens with zero attached hydrogens (tertiary/aromatic N) is 1. The largest absolute Gasteiger partial charge is 0.497 e. The molecule has 6 heteroatoms. The van der Waals surface area contributed by atoms with Gasteiger partial charge in [-0.3, -0.25) is 0 Å². The fraction of sp³-hybridized carbons (Fsp3) is 0.115. The monoisotopic (exact) mass is 432 g/mol. The predicted molar refractivity (Wildman–Crippen MR) is 121 cm³/mol. The molecule has 2 heterocycles. The van der Waals surface area contributed by atoms with Gasteiger partial charge in [-0.2, -0.15) is 13.2 Å². The van der Waals surface area contributed by atoms with Crippen LogP contribution in [0.2, 0.25) is 0 Å². The minimum absolute atomic E-state index is 0.405. The molecule has 0 fully saturated rings. The highest BCUT2D eigenvalue weighted by Crippen LogP contribution is 2.39. The molecule has 5 rings (SSSR count). The van der Waals surface area contributed by atoms with Crippen LogP contribution in [0.15, 0.2) is 72.8 Å². The molecule has 1 N–H and O–H groups in total. The third-order valence-corrected chi connectivity index (χ3v) is 5.64. The molecule has 0 bridgehead atoms. The van der Waals surface area contributed by atoms with Gasteiger partial charge in [0.2, 0.25) is 0 Å². The smallest absolute Gasteiger partial charge is 0.416 e. The first-order chi connectivity index (χ1) is 15.3. The standard InChI is InChI=1S/C26H19F3N2O/c1-15-3-5-16(6-4-15)21-14-22(17-7-10-19(32-2)11-8-17)30-25-24(21)20-12-9-18(26(27,28)29)13-23(20)31-25/h3-14H,1-2H3,(H,30,31). The Bertz CT molecular complexity index is 1430. The highest BCUT2D eigenvalue weighted by Gasteiger charge is 2.31. The van der Waals surface area contributed by atoms with Crippen molar-refractivity contribution in [1.29, 1.82) is 0 Å². The van der Waals surface area contributed by atoms with Crippen LogP contribution in [0.3, 0.4) is 0 Å². The van der Waals surface area contributed by atoms with E-state index in [0.717, 1.165) is 51.2 Å². The van der Waals surface area contributed by atoms with E-state index in [4.69, 9.17) is 9.72 Å². The minimum Gasteiger partial charge on any atom is -0.497 e. The molecule has 0 saturated heterocycles. The Morgan fingerprint density at radius 2 is 1.53 bits per heavy atom. The maximum Gasteiger partial charge on any atom is 0.416 e. The number of H-pyrrole nitrogens is 1. The number of aryl methyl sites for hydroxylation is 1. The summed E-state index contributed by atoms with van der Waals surface area (Å²) in [4.78, 5) is 7.87. The normalized spacial score (nSPS) is 11.9. The number of hydrogen-bond donors (Lipinski definition) is 1. The molecule has 0 spiro atoms. The summed E-state index contributed by atoms with van der Waals surface area (Å²) in [7, 11) is 1.61. The second-order valence-corrected chi connectivity index (χ2v) is 7.76. The first-order valence-corrected chi connectivity index (χ1v) is 10.1. The molecule has 2 aromatic heterocycles. The number of aromatic nitrogens is 2. The first kappa shape index (κ1) is 20.1. The van der Waals surface area contributed by atoms with E-state index in [0.29, 0.717) is 16.6 Å². The number of nitrogens with one attached hydrogen (secondary N) is 1. The van der Waals surface area contributed by atoms with Crippen molar-refractivity contribution >= 4 is 21.9 Å². The fourth-order valence-corrected chi connectivity index (χ4v) is 3.95. The van der Waals surface area contributed by atoms with Gasteiger partial charge >= 0.3 is 6.18 Å². The Morgan fingerprint density at radius 1 is 0.844 bits per heavy atom. The SMILES string of the molecule is COc1ccc(-c2cc(-c3ccc(C)cc3)c3c(n2)[nH]c2cc(C(F)(F)F)ccc23)cc1. The first-order valence-electron chi connectivity index (χ1n) is 10.1. The van der Waals surface area contributed by atoms with Gasteiger partial charge < -0.3 is 9.72 Å². The van der Waals surface area contributed by atoms with Crippen molar-refractivity contribution in [2.45, 2.75) is 13.1 Å². The summed E-state index contributed by atoms with van der Waals surface area (Å²) in [6.45, 7) is 2.01. The van der Waals surface area contributed by atoms with Gasteiger partial charge in [0.15, 0.2) is 0 Å². The van der Waals surface area contributed by atoms with Crippen LogP contribution in [0.4, 0.5) is 13.2 Å². The molecule has 160 valence electrons. The number of rotatable bonds is 3. The van der Waals surface area contributed by atoms with Crippen LogP contribution >= 0.6 is 0 Å². The average Bonchev–Trinajstić information content (AvgIpc) is 3.16. The van der Waals surface area contributed by atoms with E-state index < -0.39 is 11.7 Å². The second-order valence-electron chi connectivity index (χ2n) is 7.76. The lowest BCUT2D eigenvalue weighted by molar-refractivity contribution is -0.137. The summed E-state index contributed by atoms with van der Waals surface area (Å²) in [6.07, 6.45) is -4.41. The number of benzene rings is 3. The molecule has 0 unspecified atom stereocenters. The molecular weight excluding hydrogens is 413 g/mol. The van der Waals surface area contributed by atoms with Crippen molar-refractivity contribution in [1.82, 2.24) is 9.97 Å². The van der Waals surface area contributed by atoms with Gasteiger partial charge in [0.1, 0.15) is 11.4 Å². The Balaban J connectivity index is 1.80. The zero-order valence-electron chi connectivity index (χ0n) is 17.4. The highest BCUT2D eigenvalue weighted by atomic mass is 19.4. The van der Waals surface area contributed by atoms with Crippen molar-refractivity contribution in [2.24, 2.45) is 0 Å². The van der Waals surface area contributed by atoms with E-state index in [-0.39, 0.29) is 0 Å². The van der Waals surface area contributed by atoms with Gasteiger partial charge in [-0.15, -0.1) is 0 Å². The van der Waals surface area contributed by atoms with E-state index in [1.165, 1.54) is 6.07 Å². The van der Waals surface area contributed by atoms with Gasteiger partial charge in [0.25, 0.3) is 0 Å². The molecule has 32 heavy (non-hydrogen) atoms. The summed E-state index contributed by atoms with van der Waals surface area (Å²) >= 11 is 0. The zero-order chi connectivity index (χ0) is 22.5. The highest BCUT2D eigenvalue weighted by molar-refractivity contribution is 6.13. The lowest BCUT2D eigenvalue weighted by Gasteiger charge is -2.10. The third-order valence-electron chi connectivity index (χ3n) is 5.64. The van der Waals surface area contributed by atoms with E-state index in [1.54, 1.807) is 7.11 Å².